The van der Waals surface area contributed by atoms with Crippen molar-refractivity contribution in [2.24, 2.45) is 11.7 Å². The zero-order valence-corrected chi connectivity index (χ0v) is 8.98. The van der Waals surface area contributed by atoms with Gasteiger partial charge in [-0.25, -0.2) is 19.4 Å². The predicted octanol–water partition coefficient (Wildman–Crippen LogP) is -0.0498. The van der Waals surface area contributed by atoms with Gasteiger partial charge >= 0.3 is 11.9 Å². The van der Waals surface area contributed by atoms with E-state index in [0.717, 1.165) is 6.92 Å². The van der Waals surface area contributed by atoms with Crippen molar-refractivity contribution in [3.63, 3.8) is 0 Å². The highest BCUT2D eigenvalue weighted by atomic mass is 17.2. The van der Waals surface area contributed by atoms with Gasteiger partial charge in [0.05, 0.1) is 0 Å². The van der Waals surface area contributed by atoms with Crippen molar-refractivity contribution < 1.29 is 24.2 Å². The number of Topliss-reactive ketones (excluding diaryl/α,β-unsaturated/α-hetero) is 1. The molecule has 0 aromatic carbocycles. The van der Waals surface area contributed by atoms with Crippen LogP contribution in [0.1, 0.15) is 27.2 Å². The van der Waals surface area contributed by atoms with Crippen LogP contribution in [-0.4, -0.2) is 23.8 Å². The van der Waals surface area contributed by atoms with Crippen LogP contribution in [0.2, 0.25) is 0 Å². The third-order valence-electron chi connectivity index (χ3n) is 1.52. The van der Waals surface area contributed by atoms with E-state index in [4.69, 9.17) is 5.73 Å². The third-order valence-corrected chi connectivity index (χ3v) is 1.52. The lowest BCUT2D eigenvalue weighted by molar-refractivity contribution is -0.257. The largest absolute Gasteiger partial charge is 0.421 e. The Morgan fingerprint density at radius 3 is 2.13 bits per heavy atom. The van der Waals surface area contributed by atoms with Crippen LogP contribution in [0.25, 0.3) is 0 Å². The standard InChI is InChI=1S/C9H15NO5/c1-5(2)4-7(10)9(13)15-14-8(12)6(3)11/h5,7H,4,10H2,1-3H3. The first-order chi connectivity index (χ1) is 6.84. The lowest BCUT2D eigenvalue weighted by Crippen LogP contribution is -2.34. The number of ketones is 1. The summed E-state index contributed by atoms with van der Waals surface area (Å²) in [6, 6.07) is -0.857. The normalized spacial score (nSPS) is 12.1. The minimum Gasteiger partial charge on any atom is -0.318 e. The van der Waals surface area contributed by atoms with E-state index in [-0.39, 0.29) is 5.92 Å². The lowest BCUT2D eigenvalue weighted by Gasteiger charge is -2.10. The first-order valence-corrected chi connectivity index (χ1v) is 4.53. The molecule has 0 amide bonds. The topological polar surface area (TPSA) is 95.7 Å². The lowest BCUT2D eigenvalue weighted by atomic mass is 10.1. The molecule has 1 atom stereocenters. The molecule has 0 heterocycles. The second-order valence-electron chi connectivity index (χ2n) is 3.57. The Balaban J connectivity index is 3.93. The van der Waals surface area contributed by atoms with Crippen molar-refractivity contribution in [1.82, 2.24) is 0 Å². The molecule has 0 aromatic heterocycles. The van der Waals surface area contributed by atoms with Gasteiger partial charge in [0, 0.05) is 6.92 Å². The molecule has 0 radical (unpaired) electrons. The van der Waals surface area contributed by atoms with Crippen LogP contribution < -0.4 is 5.73 Å². The fraction of sp³-hybridized carbons (Fsp3) is 0.667. The molecule has 0 aliphatic rings. The highest BCUT2D eigenvalue weighted by Gasteiger charge is 2.20. The summed E-state index contributed by atoms with van der Waals surface area (Å²) >= 11 is 0. The molecular weight excluding hydrogens is 202 g/mol. The molecule has 0 saturated heterocycles. The number of hydrogen-bond donors (Lipinski definition) is 1. The molecule has 2 N–H and O–H groups in total. The van der Waals surface area contributed by atoms with Crippen LogP contribution in [0.5, 0.6) is 0 Å². The Bertz CT molecular complexity index is 261. The van der Waals surface area contributed by atoms with Gasteiger partial charge in [-0.05, 0) is 12.3 Å². The molecule has 0 aliphatic heterocycles. The summed E-state index contributed by atoms with van der Waals surface area (Å²) in [6.07, 6.45) is 0.413. The Labute approximate surface area is 87.6 Å². The van der Waals surface area contributed by atoms with Crippen LogP contribution in [-0.2, 0) is 24.2 Å². The first-order valence-electron chi connectivity index (χ1n) is 4.53. The van der Waals surface area contributed by atoms with Crippen molar-refractivity contribution in [3.05, 3.63) is 0 Å². The number of nitrogens with two attached hydrogens (primary N) is 1. The van der Waals surface area contributed by atoms with E-state index in [1.807, 2.05) is 13.8 Å². The van der Waals surface area contributed by atoms with Gasteiger partial charge in [-0.2, -0.15) is 0 Å². The van der Waals surface area contributed by atoms with E-state index in [2.05, 4.69) is 9.78 Å². The van der Waals surface area contributed by atoms with Crippen LogP contribution in [0, 0.1) is 5.92 Å². The molecular formula is C9H15NO5. The van der Waals surface area contributed by atoms with E-state index < -0.39 is 23.8 Å². The monoisotopic (exact) mass is 217 g/mol. The Hall–Kier alpha value is -1.43. The minimum atomic E-state index is -1.22. The fourth-order valence-corrected chi connectivity index (χ4v) is 0.803. The molecule has 0 aliphatic carbocycles. The van der Waals surface area contributed by atoms with Crippen LogP contribution in [0.4, 0.5) is 0 Å². The Morgan fingerprint density at radius 1 is 1.20 bits per heavy atom. The quantitative estimate of drug-likeness (QED) is 0.403. The van der Waals surface area contributed by atoms with Crippen molar-refractivity contribution in [2.75, 3.05) is 0 Å². The smallest absolute Gasteiger partial charge is 0.318 e. The zero-order chi connectivity index (χ0) is 12.0. The molecule has 0 fully saturated rings. The summed E-state index contributed by atoms with van der Waals surface area (Å²) in [7, 11) is 0. The summed E-state index contributed by atoms with van der Waals surface area (Å²) in [4.78, 5) is 40.1. The van der Waals surface area contributed by atoms with Gasteiger partial charge in [0.2, 0.25) is 5.78 Å². The SMILES string of the molecule is CC(=O)C(=O)OOC(=O)C(N)CC(C)C. The first kappa shape index (κ1) is 13.6. The molecule has 6 nitrogen and oxygen atoms in total. The molecule has 1 unspecified atom stereocenters. The number of rotatable bonds is 4. The zero-order valence-electron chi connectivity index (χ0n) is 8.98. The molecule has 0 saturated carbocycles. The molecule has 0 rings (SSSR count). The van der Waals surface area contributed by atoms with Gasteiger partial charge in [-0.3, -0.25) is 4.79 Å². The van der Waals surface area contributed by atoms with Gasteiger partial charge < -0.3 is 5.73 Å². The summed E-state index contributed by atoms with van der Waals surface area (Å²) < 4.78 is 0. The van der Waals surface area contributed by atoms with Gasteiger partial charge in [-0.15, -0.1) is 0 Å². The maximum Gasteiger partial charge on any atom is 0.421 e. The fourth-order valence-electron chi connectivity index (χ4n) is 0.803. The average molecular weight is 217 g/mol. The molecule has 15 heavy (non-hydrogen) atoms. The summed E-state index contributed by atoms with van der Waals surface area (Å²) in [6.45, 7) is 4.77. The maximum atomic E-state index is 11.1. The number of carbonyl (C=O) groups excluding carboxylic acids is 3. The summed E-state index contributed by atoms with van der Waals surface area (Å²) in [5.41, 5.74) is 5.43. The van der Waals surface area contributed by atoms with E-state index >= 15 is 0 Å². The van der Waals surface area contributed by atoms with E-state index in [0.29, 0.717) is 6.42 Å². The molecule has 6 heteroatoms. The van der Waals surface area contributed by atoms with Crippen LogP contribution in [0.15, 0.2) is 0 Å². The summed E-state index contributed by atoms with van der Waals surface area (Å²) in [5.74, 6) is -2.71. The maximum absolute atomic E-state index is 11.1. The van der Waals surface area contributed by atoms with Crippen molar-refractivity contribution in [2.45, 2.75) is 33.2 Å². The summed E-state index contributed by atoms with van der Waals surface area (Å²) in [5, 5.41) is 0. The van der Waals surface area contributed by atoms with Gasteiger partial charge in [0.15, 0.2) is 0 Å². The molecule has 0 bridgehead atoms. The van der Waals surface area contributed by atoms with Gasteiger partial charge in [0.1, 0.15) is 6.04 Å². The van der Waals surface area contributed by atoms with E-state index in [1.54, 1.807) is 0 Å². The van der Waals surface area contributed by atoms with E-state index in [1.165, 1.54) is 0 Å². The van der Waals surface area contributed by atoms with Crippen LogP contribution >= 0.6 is 0 Å². The average Bonchev–Trinajstić information content (AvgIpc) is 2.12. The molecule has 0 aromatic rings. The number of carbonyl (C=O) groups is 3. The minimum absolute atomic E-state index is 0.219. The molecule has 0 spiro atoms. The van der Waals surface area contributed by atoms with Crippen molar-refractivity contribution in [3.8, 4) is 0 Å². The third kappa shape index (κ3) is 5.79. The van der Waals surface area contributed by atoms with Gasteiger partial charge in [-0.1, -0.05) is 13.8 Å². The Morgan fingerprint density at radius 2 is 1.73 bits per heavy atom. The molecule has 86 valence electrons. The van der Waals surface area contributed by atoms with Crippen LogP contribution in [0.3, 0.4) is 0 Å². The highest BCUT2D eigenvalue weighted by molar-refractivity contribution is 6.32. The predicted molar refractivity (Wildman–Crippen MR) is 50.3 cm³/mol. The second kappa shape index (κ2) is 6.13. The second-order valence-corrected chi connectivity index (χ2v) is 3.57. The van der Waals surface area contributed by atoms with Crippen molar-refractivity contribution >= 4 is 17.7 Å². The highest BCUT2D eigenvalue weighted by Crippen LogP contribution is 2.04. The van der Waals surface area contributed by atoms with Gasteiger partial charge in [0.25, 0.3) is 0 Å². The van der Waals surface area contributed by atoms with Crippen molar-refractivity contribution in [1.29, 1.82) is 0 Å². The van der Waals surface area contributed by atoms with E-state index in [9.17, 15) is 14.4 Å². The number of hydrogen-bond acceptors (Lipinski definition) is 6. The Kier molecular flexibility index (Phi) is 5.54.